The smallest absolute Gasteiger partial charge is 0.240 e. The second kappa shape index (κ2) is 6.52. The van der Waals surface area contributed by atoms with E-state index in [0.29, 0.717) is 23.6 Å². The molecular formula is C18H23ClN2O2. The Hall–Kier alpha value is -1.55. The number of carbonyl (C=O) groups excluding carboxylic acids is 2. The molecule has 0 atom stereocenters. The van der Waals surface area contributed by atoms with Crippen molar-refractivity contribution < 1.29 is 9.59 Å². The largest absolute Gasteiger partial charge is 0.342 e. The second-order valence-corrected chi connectivity index (χ2v) is 7.14. The Morgan fingerprint density at radius 1 is 1.13 bits per heavy atom. The van der Waals surface area contributed by atoms with Gasteiger partial charge in [0.2, 0.25) is 11.8 Å². The van der Waals surface area contributed by atoms with E-state index in [1.807, 2.05) is 17.9 Å². The normalized spacial score (nSPS) is 19.8. The van der Waals surface area contributed by atoms with Crippen LogP contribution in [0.25, 0.3) is 0 Å². The molecule has 3 rings (SSSR count). The lowest BCUT2D eigenvalue weighted by atomic mass is 10.0. The van der Waals surface area contributed by atoms with E-state index in [0.717, 1.165) is 31.5 Å². The zero-order chi connectivity index (χ0) is 16.4. The topological polar surface area (TPSA) is 49.4 Å². The Balaban J connectivity index is 1.73. The lowest BCUT2D eigenvalue weighted by Gasteiger charge is -2.25. The molecular weight excluding hydrogens is 312 g/mol. The number of amides is 2. The van der Waals surface area contributed by atoms with E-state index in [2.05, 4.69) is 5.32 Å². The summed E-state index contributed by atoms with van der Waals surface area (Å²) < 4.78 is 0. The van der Waals surface area contributed by atoms with Crippen LogP contribution in [-0.2, 0) is 9.59 Å². The summed E-state index contributed by atoms with van der Waals surface area (Å²) in [5.74, 6) is -0.173. The summed E-state index contributed by atoms with van der Waals surface area (Å²) in [5, 5.41) is 3.50. The standard InChI is InChI=1S/C18H23ClN2O2/c1-13-6-7-14(19)12-15(13)20-16(22)18(8-9-18)17(23)21-10-4-2-3-5-11-21/h6-7,12H,2-5,8-11H2,1H3,(H,20,22). The molecule has 0 spiro atoms. The number of rotatable bonds is 3. The second-order valence-electron chi connectivity index (χ2n) is 6.70. The lowest BCUT2D eigenvalue weighted by molar-refractivity contribution is -0.142. The van der Waals surface area contributed by atoms with Crippen molar-refractivity contribution in [3.8, 4) is 0 Å². The number of halogens is 1. The van der Waals surface area contributed by atoms with Gasteiger partial charge >= 0.3 is 0 Å². The molecule has 0 radical (unpaired) electrons. The van der Waals surface area contributed by atoms with Crippen LogP contribution >= 0.6 is 11.6 Å². The number of hydrogen-bond acceptors (Lipinski definition) is 2. The molecule has 2 amide bonds. The van der Waals surface area contributed by atoms with Gasteiger partial charge in [-0.15, -0.1) is 0 Å². The van der Waals surface area contributed by atoms with Crippen molar-refractivity contribution in [1.82, 2.24) is 4.90 Å². The van der Waals surface area contributed by atoms with Gasteiger partial charge in [0.15, 0.2) is 0 Å². The SMILES string of the molecule is Cc1ccc(Cl)cc1NC(=O)C1(C(=O)N2CCCCCC2)CC1. The molecule has 0 aromatic heterocycles. The summed E-state index contributed by atoms with van der Waals surface area (Å²) in [6.07, 6.45) is 5.71. The van der Waals surface area contributed by atoms with Crippen LogP contribution < -0.4 is 5.32 Å². The van der Waals surface area contributed by atoms with Crippen molar-refractivity contribution in [2.45, 2.75) is 45.4 Å². The molecule has 1 saturated carbocycles. The van der Waals surface area contributed by atoms with Crippen molar-refractivity contribution in [3.05, 3.63) is 28.8 Å². The molecule has 2 fully saturated rings. The maximum Gasteiger partial charge on any atom is 0.240 e. The molecule has 1 aromatic rings. The Morgan fingerprint density at radius 2 is 1.78 bits per heavy atom. The van der Waals surface area contributed by atoms with E-state index in [1.54, 1.807) is 12.1 Å². The van der Waals surface area contributed by atoms with E-state index in [1.165, 1.54) is 12.8 Å². The summed E-state index contributed by atoms with van der Waals surface area (Å²) in [6.45, 7) is 3.48. The minimum absolute atomic E-state index is 0.0107. The highest BCUT2D eigenvalue weighted by Crippen LogP contribution is 2.48. The first kappa shape index (κ1) is 16.3. The minimum atomic E-state index is -0.848. The molecule has 5 heteroatoms. The minimum Gasteiger partial charge on any atom is -0.342 e. The molecule has 23 heavy (non-hydrogen) atoms. The fourth-order valence-corrected chi connectivity index (χ4v) is 3.38. The Bertz CT molecular complexity index is 617. The number of nitrogens with zero attached hydrogens (tertiary/aromatic N) is 1. The fourth-order valence-electron chi connectivity index (χ4n) is 3.21. The number of benzene rings is 1. The van der Waals surface area contributed by atoms with Gasteiger partial charge in [0, 0.05) is 23.8 Å². The number of aryl methyl sites for hydroxylation is 1. The van der Waals surface area contributed by atoms with E-state index < -0.39 is 5.41 Å². The van der Waals surface area contributed by atoms with Gasteiger partial charge in [-0.1, -0.05) is 30.5 Å². The Kier molecular flexibility index (Phi) is 4.62. The molecule has 0 unspecified atom stereocenters. The summed E-state index contributed by atoms with van der Waals surface area (Å²) in [7, 11) is 0. The Morgan fingerprint density at radius 3 is 2.39 bits per heavy atom. The highest BCUT2D eigenvalue weighted by atomic mass is 35.5. The summed E-state index contributed by atoms with van der Waals surface area (Å²) in [5.41, 5.74) is 0.789. The van der Waals surface area contributed by atoms with Crippen LogP contribution in [-0.4, -0.2) is 29.8 Å². The van der Waals surface area contributed by atoms with Crippen LogP contribution in [0.3, 0.4) is 0 Å². The van der Waals surface area contributed by atoms with Gasteiger partial charge in [0.1, 0.15) is 5.41 Å². The van der Waals surface area contributed by atoms with E-state index in [-0.39, 0.29) is 11.8 Å². The molecule has 1 saturated heterocycles. The monoisotopic (exact) mass is 334 g/mol. The zero-order valence-electron chi connectivity index (χ0n) is 13.5. The summed E-state index contributed by atoms with van der Waals surface area (Å²) in [4.78, 5) is 27.5. The molecule has 0 bridgehead atoms. The van der Waals surface area contributed by atoms with E-state index in [4.69, 9.17) is 11.6 Å². The van der Waals surface area contributed by atoms with Gasteiger partial charge in [0.25, 0.3) is 0 Å². The van der Waals surface area contributed by atoms with Gasteiger partial charge in [-0.05, 0) is 50.3 Å². The third kappa shape index (κ3) is 3.37. The fraction of sp³-hybridized carbons (Fsp3) is 0.556. The van der Waals surface area contributed by atoms with Gasteiger partial charge < -0.3 is 10.2 Å². The molecule has 1 aliphatic carbocycles. The van der Waals surface area contributed by atoms with Crippen LogP contribution in [0, 0.1) is 12.3 Å². The highest BCUT2D eigenvalue weighted by Gasteiger charge is 2.58. The average Bonchev–Trinajstić information content (AvgIpc) is 3.34. The molecule has 2 aliphatic rings. The number of hydrogen-bond donors (Lipinski definition) is 1. The molecule has 124 valence electrons. The first-order chi connectivity index (χ1) is 11.0. The van der Waals surface area contributed by atoms with E-state index >= 15 is 0 Å². The predicted octanol–water partition coefficient (Wildman–Crippen LogP) is 3.77. The van der Waals surface area contributed by atoms with Crippen LogP contribution in [0.15, 0.2) is 18.2 Å². The quantitative estimate of drug-likeness (QED) is 0.855. The van der Waals surface area contributed by atoms with Gasteiger partial charge in [-0.2, -0.15) is 0 Å². The number of carbonyl (C=O) groups is 2. The van der Waals surface area contributed by atoms with Crippen molar-refractivity contribution in [2.75, 3.05) is 18.4 Å². The number of nitrogens with one attached hydrogen (secondary N) is 1. The lowest BCUT2D eigenvalue weighted by Crippen LogP contribution is -2.43. The molecule has 1 heterocycles. The Labute approximate surface area is 142 Å². The van der Waals surface area contributed by atoms with Gasteiger partial charge in [-0.3, -0.25) is 9.59 Å². The van der Waals surface area contributed by atoms with Gasteiger partial charge in [0.05, 0.1) is 0 Å². The first-order valence-corrected chi connectivity index (χ1v) is 8.78. The molecule has 4 nitrogen and oxygen atoms in total. The van der Waals surface area contributed by atoms with Crippen molar-refractivity contribution >= 4 is 29.1 Å². The van der Waals surface area contributed by atoms with Crippen LogP contribution in [0.1, 0.15) is 44.1 Å². The number of likely N-dealkylation sites (tertiary alicyclic amines) is 1. The average molecular weight is 335 g/mol. The third-order valence-electron chi connectivity index (χ3n) is 4.94. The van der Waals surface area contributed by atoms with Crippen molar-refractivity contribution in [1.29, 1.82) is 0 Å². The van der Waals surface area contributed by atoms with Crippen molar-refractivity contribution in [2.24, 2.45) is 5.41 Å². The van der Waals surface area contributed by atoms with E-state index in [9.17, 15) is 9.59 Å². The predicted molar refractivity (Wildman–Crippen MR) is 91.5 cm³/mol. The van der Waals surface area contributed by atoms with Crippen LogP contribution in [0.5, 0.6) is 0 Å². The highest BCUT2D eigenvalue weighted by molar-refractivity contribution is 6.31. The molecule has 1 aromatic carbocycles. The van der Waals surface area contributed by atoms with Crippen molar-refractivity contribution in [3.63, 3.8) is 0 Å². The van der Waals surface area contributed by atoms with Crippen LogP contribution in [0.4, 0.5) is 5.69 Å². The first-order valence-electron chi connectivity index (χ1n) is 8.40. The van der Waals surface area contributed by atoms with Gasteiger partial charge in [-0.25, -0.2) is 0 Å². The third-order valence-corrected chi connectivity index (χ3v) is 5.17. The summed E-state index contributed by atoms with van der Waals surface area (Å²) >= 11 is 6.01. The maximum absolute atomic E-state index is 12.9. The zero-order valence-corrected chi connectivity index (χ0v) is 14.3. The molecule has 1 aliphatic heterocycles. The van der Waals surface area contributed by atoms with Crippen LogP contribution in [0.2, 0.25) is 5.02 Å². The summed E-state index contributed by atoms with van der Waals surface area (Å²) in [6, 6.07) is 5.40. The molecule has 1 N–H and O–H groups in total. The number of anilines is 1. The maximum atomic E-state index is 12.9.